The van der Waals surface area contributed by atoms with Gasteiger partial charge < -0.3 is 10.1 Å². The summed E-state index contributed by atoms with van der Waals surface area (Å²) in [7, 11) is 1.77. The molecule has 3 nitrogen and oxygen atoms in total. The van der Waals surface area contributed by atoms with Gasteiger partial charge in [-0.1, -0.05) is 24.3 Å². The van der Waals surface area contributed by atoms with E-state index in [9.17, 15) is 0 Å². The van der Waals surface area contributed by atoms with E-state index in [0.29, 0.717) is 0 Å². The Morgan fingerprint density at radius 1 is 1.26 bits per heavy atom. The normalized spacial score (nSPS) is 19.3. The summed E-state index contributed by atoms with van der Waals surface area (Å²) in [5.41, 5.74) is 5.82. The van der Waals surface area contributed by atoms with Crippen LogP contribution in [-0.4, -0.2) is 31.7 Å². The highest BCUT2D eigenvalue weighted by Gasteiger charge is 2.14. The third-order valence-electron chi connectivity index (χ3n) is 4.02. The standard InChI is InChI=1S/C16H22N2O/c1-19-12-13-4-6-18(7-5-13)11-14-2-3-15-9-17-10-16(15)8-14/h2-4,8,17H,5-7,9-12H2,1H3. The lowest BCUT2D eigenvalue weighted by Gasteiger charge is -2.26. The topological polar surface area (TPSA) is 24.5 Å². The van der Waals surface area contributed by atoms with Gasteiger partial charge in [0.2, 0.25) is 0 Å². The number of nitrogens with one attached hydrogen (secondary N) is 1. The van der Waals surface area contributed by atoms with E-state index in [1.54, 1.807) is 7.11 Å². The second-order valence-corrected chi connectivity index (χ2v) is 5.49. The van der Waals surface area contributed by atoms with Crippen molar-refractivity contribution in [3.63, 3.8) is 0 Å². The lowest BCUT2D eigenvalue weighted by atomic mass is 10.0. The number of nitrogens with zero attached hydrogens (tertiary/aromatic N) is 1. The van der Waals surface area contributed by atoms with Crippen LogP contribution in [0.3, 0.4) is 0 Å². The monoisotopic (exact) mass is 258 g/mol. The Morgan fingerprint density at radius 3 is 2.95 bits per heavy atom. The van der Waals surface area contributed by atoms with Crippen LogP contribution in [0.25, 0.3) is 0 Å². The second kappa shape index (κ2) is 5.87. The van der Waals surface area contributed by atoms with E-state index in [-0.39, 0.29) is 0 Å². The van der Waals surface area contributed by atoms with Gasteiger partial charge in [0.25, 0.3) is 0 Å². The van der Waals surface area contributed by atoms with Gasteiger partial charge >= 0.3 is 0 Å². The highest BCUT2D eigenvalue weighted by Crippen LogP contribution is 2.19. The molecule has 19 heavy (non-hydrogen) atoms. The van der Waals surface area contributed by atoms with E-state index >= 15 is 0 Å². The molecular weight excluding hydrogens is 236 g/mol. The maximum absolute atomic E-state index is 5.19. The van der Waals surface area contributed by atoms with Crippen LogP contribution in [-0.2, 0) is 24.4 Å². The van der Waals surface area contributed by atoms with Crippen molar-refractivity contribution in [2.75, 3.05) is 26.8 Å². The fourth-order valence-electron chi connectivity index (χ4n) is 2.92. The highest BCUT2D eigenvalue weighted by molar-refractivity contribution is 5.34. The Morgan fingerprint density at radius 2 is 2.16 bits per heavy atom. The van der Waals surface area contributed by atoms with E-state index in [2.05, 4.69) is 34.5 Å². The molecule has 0 saturated carbocycles. The average Bonchev–Trinajstić information content (AvgIpc) is 2.89. The number of fused-ring (bicyclic) bond motifs is 1. The van der Waals surface area contributed by atoms with Crippen LogP contribution in [0.4, 0.5) is 0 Å². The number of benzene rings is 1. The number of methoxy groups -OCH3 is 1. The summed E-state index contributed by atoms with van der Waals surface area (Å²) >= 11 is 0. The Hall–Kier alpha value is -1.16. The number of hydrogen-bond acceptors (Lipinski definition) is 3. The molecule has 0 radical (unpaired) electrons. The van der Waals surface area contributed by atoms with Gasteiger partial charge in [-0.25, -0.2) is 0 Å². The predicted molar refractivity (Wildman–Crippen MR) is 76.8 cm³/mol. The van der Waals surface area contributed by atoms with Crippen molar-refractivity contribution in [3.05, 3.63) is 46.5 Å². The summed E-state index contributed by atoms with van der Waals surface area (Å²) in [4.78, 5) is 2.50. The van der Waals surface area contributed by atoms with Crippen molar-refractivity contribution in [3.8, 4) is 0 Å². The molecule has 0 saturated heterocycles. The summed E-state index contributed by atoms with van der Waals surface area (Å²) in [6, 6.07) is 6.92. The van der Waals surface area contributed by atoms with Crippen LogP contribution in [0.1, 0.15) is 23.1 Å². The Labute approximate surface area is 115 Å². The number of hydrogen-bond donors (Lipinski definition) is 1. The molecule has 1 aromatic carbocycles. The van der Waals surface area contributed by atoms with Crippen LogP contribution in [0.5, 0.6) is 0 Å². The second-order valence-electron chi connectivity index (χ2n) is 5.49. The van der Waals surface area contributed by atoms with Gasteiger partial charge in [-0.3, -0.25) is 4.90 Å². The highest BCUT2D eigenvalue weighted by atomic mass is 16.5. The lowest BCUT2D eigenvalue weighted by molar-refractivity contribution is 0.210. The van der Waals surface area contributed by atoms with E-state index in [1.807, 2.05) is 0 Å². The smallest absolute Gasteiger partial charge is 0.0673 e. The van der Waals surface area contributed by atoms with E-state index < -0.39 is 0 Å². The van der Waals surface area contributed by atoms with Crippen molar-refractivity contribution in [2.45, 2.75) is 26.1 Å². The number of ether oxygens (including phenoxy) is 1. The van der Waals surface area contributed by atoms with Gasteiger partial charge in [-0.15, -0.1) is 0 Å². The van der Waals surface area contributed by atoms with Crippen molar-refractivity contribution < 1.29 is 4.74 Å². The van der Waals surface area contributed by atoms with E-state index in [1.165, 1.54) is 22.3 Å². The first-order chi connectivity index (χ1) is 9.35. The largest absolute Gasteiger partial charge is 0.380 e. The minimum atomic E-state index is 0.790. The predicted octanol–water partition coefficient (Wildman–Crippen LogP) is 2.07. The van der Waals surface area contributed by atoms with Crippen LogP contribution in [0, 0.1) is 0 Å². The van der Waals surface area contributed by atoms with Crippen LogP contribution in [0.2, 0.25) is 0 Å². The zero-order chi connectivity index (χ0) is 13.1. The van der Waals surface area contributed by atoms with E-state index in [0.717, 1.165) is 45.8 Å². The maximum Gasteiger partial charge on any atom is 0.0673 e. The molecule has 0 fully saturated rings. The Balaban J connectivity index is 1.60. The lowest BCUT2D eigenvalue weighted by Crippen LogP contribution is -2.29. The van der Waals surface area contributed by atoms with Crippen molar-refractivity contribution >= 4 is 0 Å². The molecule has 0 aliphatic carbocycles. The summed E-state index contributed by atoms with van der Waals surface area (Å²) in [5.74, 6) is 0. The Bertz CT molecular complexity index is 482. The first kappa shape index (κ1) is 12.9. The molecule has 102 valence electrons. The van der Waals surface area contributed by atoms with Crippen LogP contribution in [0.15, 0.2) is 29.8 Å². The van der Waals surface area contributed by atoms with Gasteiger partial charge in [0.05, 0.1) is 6.61 Å². The van der Waals surface area contributed by atoms with Crippen molar-refractivity contribution in [1.29, 1.82) is 0 Å². The van der Waals surface area contributed by atoms with Gasteiger partial charge in [-0.2, -0.15) is 0 Å². The molecule has 0 amide bonds. The molecule has 2 aliphatic rings. The van der Waals surface area contributed by atoms with Crippen LogP contribution < -0.4 is 5.32 Å². The summed E-state index contributed by atoms with van der Waals surface area (Å²) in [5, 5.41) is 3.40. The third kappa shape index (κ3) is 3.06. The Kier molecular flexibility index (Phi) is 3.97. The first-order valence-corrected chi connectivity index (χ1v) is 7.06. The molecule has 0 bridgehead atoms. The van der Waals surface area contributed by atoms with Crippen LogP contribution >= 0.6 is 0 Å². The quantitative estimate of drug-likeness (QED) is 0.837. The minimum absolute atomic E-state index is 0.790. The van der Waals surface area contributed by atoms with Gasteiger partial charge in [-0.05, 0) is 28.7 Å². The fourth-order valence-corrected chi connectivity index (χ4v) is 2.92. The molecular formula is C16H22N2O. The molecule has 2 aliphatic heterocycles. The SMILES string of the molecule is COCC1=CCN(Cc2ccc3c(c2)CNC3)CC1. The van der Waals surface area contributed by atoms with Gasteiger partial charge in [0.15, 0.2) is 0 Å². The molecule has 3 rings (SSSR count). The van der Waals surface area contributed by atoms with Crippen molar-refractivity contribution in [2.24, 2.45) is 0 Å². The summed E-state index contributed by atoms with van der Waals surface area (Å²) in [6.07, 6.45) is 3.46. The zero-order valence-electron chi connectivity index (χ0n) is 11.6. The summed E-state index contributed by atoms with van der Waals surface area (Å²) < 4.78 is 5.19. The van der Waals surface area contributed by atoms with Gasteiger partial charge in [0.1, 0.15) is 0 Å². The average molecular weight is 258 g/mol. The molecule has 0 unspecified atom stereocenters. The van der Waals surface area contributed by atoms with Crippen molar-refractivity contribution in [1.82, 2.24) is 10.2 Å². The fraction of sp³-hybridized carbons (Fsp3) is 0.500. The molecule has 3 heteroatoms. The first-order valence-electron chi connectivity index (χ1n) is 7.06. The molecule has 0 spiro atoms. The number of rotatable bonds is 4. The molecule has 0 atom stereocenters. The zero-order valence-corrected chi connectivity index (χ0v) is 11.6. The molecule has 1 aromatic rings. The molecule has 2 heterocycles. The summed E-state index contributed by atoms with van der Waals surface area (Å²) in [6.45, 7) is 6.10. The minimum Gasteiger partial charge on any atom is -0.380 e. The third-order valence-corrected chi connectivity index (χ3v) is 4.02. The maximum atomic E-state index is 5.19. The van der Waals surface area contributed by atoms with E-state index in [4.69, 9.17) is 4.74 Å². The van der Waals surface area contributed by atoms with Gasteiger partial charge in [0, 0.05) is 39.8 Å². The molecule has 0 aromatic heterocycles. The molecule has 1 N–H and O–H groups in total.